The molecule has 0 saturated carbocycles. The molecule has 1 saturated heterocycles. The summed E-state index contributed by atoms with van der Waals surface area (Å²) in [6.07, 6.45) is -11.4. The van der Waals surface area contributed by atoms with Crippen molar-refractivity contribution in [2.75, 3.05) is 31.2 Å². The van der Waals surface area contributed by atoms with Gasteiger partial charge in [0, 0.05) is 24.3 Å². The second-order valence-electron chi connectivity index (χ2n) is 9.69. The van der Waals surface area contributed by atoms with Gasteiger partial charge in [0.1, 0.15) is 11.8 Å². The lowest BCUT2D eigenvalue weighted by atomic mass is 9.96. The molecule has 43 heavy (non-hydrogen) atoms. The van der Waals surface area contributed by atoms with Crippen LogP contribution in [0, 0.1) is 0 Å². The molecule has 1 aliphatic rings. The van der Waals surface area contributed by atoms with Crippen molar-refractivity contribution in [3.8, 4) is 11.4 Å². The van der Waals surface area contributed by atoms with Crippen molar-refractivity contribution in [2.45, 2.75) is 31.9 Å². The number of nitrogens with zero attached hydrogens (tertiary/aromatic N) is 5. The molecule has 1 atom stereocenters. The largest absolute Gasteiger partial charge is 0.416 e. The first kappa shape index (κ1) is 30.5. The van der Waals surface area contributed by atoms with Crippen LogP contribution in [0.15, 0.2) is 47.0 Å². The van der Waals surface area contributed by atoms with Gasteiger partial charge in [-0.05, 0) is 42.8 Å². The third-order valence-electron chi connectivity index (χ3n) is 6.70. The van der Waals surface area contributed by atoms with E-state index in [0.717, 1.165) is 4.68 Å². The van der Waals surface area contributed by atoms with E-state index >= 15 is 0 Å². The van der Waals surface area contributed by atoms with Gasteiger partial charge in [0.25, 0.3) is 0 Å². The molecule has 2 aromatic heterocycles. The molecule has 1 aliphatic heterocycles. The minimum absolute atomic E-state index is 0.0114. The fourth-order valence-electron chi connectivity index (χ4n) is 4.68. The molecule has 16 heteroatoms. The van der Waals surface area contributed by atoms with Gasteiger partial charge in [-0.2, -0.15) is 26.3 Å². The summed E-state index contributed by atoms with van der Waals surface area (Å²) < 4.78 is 91.6. The summed E-state index contributed by atoms with van der Waals surface area (Å²) in [5.74, 6) is -0.789. The Bertz CT molecular complexity index is 1610. The average Bonchev–Trinajstić information content (AvgIpc) is 3.55. The van der Waals surface area contributed by atoms with Gasteiger partial charge >= 0.3 is 12.4 Å². The van der Waals surface area contributed by atoms with Crippen LogP contribution >= 0.6 is 11.6 Å². The highest BCUT2D eigenvalue weighted by Gasteiger charge is 2.37. The van der Waals surface area contributed by atoms with Gasteiger partial charge in [-0.1, -0.05) is 34.1 Å². The second kappa shape index (κ2) is 11.6. The zero-order valence-electron chi connectivity index (χ0n) is 22.2. The molecule has 3 heterocycles. The van der Waals surface area contributed by atoms with Crippen LogP contribution < -0.4 is 4.90 Å². The van der Waals surface area contributed by atoms with Crippen molar-refractivity contribution in [3.05, 3.63) is 81.2 Å². The van der Waals surface area contributed by atoms with E-state index in [1.807, 2.05) is 4.90 Å². The summed E-state index contributed by atoms with van der Waals surface area (Å²) in [7, 11) is 0. The van der Waals surface area contributed by atoms with Gasteiger partial charge < -0.3 is 19.3 Å². The molecule has 0 aliphatic carbocycles. The predicted molar refractivity (Wildman–Crippen MR) is 140 cm³/mol. The van der Waals surface area contributed by atoms with Crippen LogP contribution in [0.4, 0.5) is 32.0 Å². The number of alkyl halides is 6. The molecule has 0 spiro atoms. The monoisotopic (exact) mass is 629 g/mol. The zero-order chi connectivity index (χ0) is 31.1. The molecule has 1 N–H and O–H groups in total. The van der Waals surface area contributed by atoms with E-state index in [9.17, 15) is 36.2 Å². The number of benzene rings is 2. The first-order valence-corrected chi connectivity index (χ1v) is 13.1. The smallest absolute Gasteiger partial charge is 0.385 e. The molecule has 0 bridgehead atoms. The number of aromatic nitrogens is 4. The van der Waals surface area contributed by atoms with Crippen molar-refractivity contribution < 1.29 is 45.5 Å². The number of ether oxygens (including phenoxy) is 1. The van der Waals surface area contributed by atoms with Gasteiger partial charge in [0.05, 0.1) is 36.4 Å². The normalized spacial score (nSPS) is 15.1. The predicted octanol–water partition coefficient (Wildman–Crippen LogP) is 5.79. The maximum Gasteiger partial charge on any atom is 0.416 e. The number of aliphatic hydroxyl groups excluding tert-OH is 1. The summed E-state index contributed by atoms with van der Waals surface area (Å²) in [5.41, 5.74) is -3.18. The van der Waals surface area contributed by atoms with Crippen LogP contribution in [0.5, 0.6) is 0 Å². The van der Waals surface area contributed by atoms with Gasteiger partial charge in [-0.25, -0.2) is 4.68 Å². The van der Waals surface area contributed by atoms with Crippen LogP contribution in [-0.2, 0) is 23.6 Å². The van der Waals surface area contributed by atoms with Crippen LogP contribution in [-0.4, -0.2) is 57.3 Å². The fraction of sp³-hybridized carbons (Fsp3) is 0.333. The summed E-state index contributed by atoms with van der Waals surface area (Å²) in [6.45, 7) is 2.68. The van der Waals surface area contributed by atoms with Gasteiger partial charge in [0.15, 0.2) is 16.6 Å². The number of para-hydroxylation sites is 1. The molecular formula is C27H22ClF6N5O4. The Morgan fingerprint density at radius 1 is 1.02 bits per heavy atom. The molecule has 9 nitrogen and oxygen atoms in total. The Balaban J connectivity index is 1.55. The molecule has 5 rings (SSSR count). The van der Waals surface area contributed by atoms with E-state index < -0.39 is 47.5 Å². The van der Waals surface area contributed by atoms with Crippen LogP contribution in [0.1, 0.15) is 51.4 Å². The molecule has 0 radical (unpaired) electrons. The summed E-state index contributed by atoms with van der Waals surface area (Å²) in [5, 5.41) is 21.6. The number of carbonyl (C=O) groups excluding carboxylic acids is 1. The van der Waals surface area contributed by atoms with Gasteiger partial charge in [-0.15, -0.1) is 5.10 Å². The number of halogens is 7. The van der Waals surface area contributed by atoms with Crippen molar-refractivity contribution in [1.82, 2.24) is 20.2 Å². The lowest BCUT2D eigenvalue weighted by Gasteiger charge is -2.30. The van der Waals surface area contributed by atoms with Gasteiger partial charge in [0.2, 0.25) is 5.78 Å². The third-order valence-corrected chi connectivity index (χ3v) is 7.08. The quantitative estimate of drug-likeness (QED) is 0.202. The number of carbonyl (C=O) groups is 1. The number of ketones is 1. The maximum absolute atomic E-state index is 14.0. The summed E-state index contributed by atoms with van der Waals surface area (Å²) in [4.78, 5) is 15.9. The van der Waals surface area contributed by atoms with E-state index in [4.69, 9.17) is 20.9 Å². The molecule has 228 valence electrons. The van der Waals surface area contributed by atoms with Crippen molar-refractivity contribution in [2.24, 2.45) is 0 Å². The van der Waals surface area contributed by atoms with E-state index in [1.54, 1.807) is 24.3 Å². The highest BCUT2D eigenvalue weighted by atomic mass is 35.5. The second-order valence-corrected chi connectivity index (χ2v) is 10.1. The number of hydrogen-bond donors (Lipinski definition) is 1. The number of aliphatic hydroxyl groups is 1. The number of morpholine rings is 1. The lowest BCUT2D eigenvalue weighted by Crippen LogP contribution is -2.37. The first-order chi connectivity index (χ1) is 20.3. The van der Waals surface area contributed by atoms with Crippen LogP contribution in [0.2, 0.25) is 5.15 Å². The van der Waals surface area contributed by atoms with E-state index in [-0.39, 0.29) is 39.5 Å². The highest BCUT2D eigenvalue weighted by Crippen LogP contribution is 2.38. The van der Waals surface area contributed by atoms with E-state index in [1.165, 1.54) is 6.92 Å². The molecular weight excluding hydrogens is 608 g/mol. The fourth-order valence-corrected chi connectivity index (χ4v) is 4.90. The molecule has 0 amide bonds. The number of hydrogen-bond acceptors (Lipinski definition) is 8. The Morgan fingerprint density at radius 2 is 1.65 bits per heavy atom. The van der Waals surface area contributed by atoms with Crippen LogP contribution in [0.25, 0.3) is 11.4 Å². The number of rotatable bonds is 7. The SMILES string of the molecule is CC(O)c1onc(-c2nnn(Cc3cc(C(F)(F)F)cc(C(F)(F)F)c3)c2Cl)c1C(=O)c1ccccc1N1CCOCC1. The van der Waals surface area contributed by atoms with E-state index in [0.29, 0.717) is 44.1 Å². The Labute approximate surface area is 244 Å². The standard InChI is InChI=1S/C27H22ClF6N5O4/c1-14(40)24-20(23(41)18-4-2-3-5-19(18)38-6-8-42-9-7-38)21(36-43-24)22-25(28)39(37-35-22)13-15-10-16(26(29,30)31)12-17(11-15)27(32,33)34/h2-5,10-12,14,40H,6-9,13H2,1H3. The highest BCUT2D eigenvalue weighted by molar-refractivity contribution is 6.32. The topological polar surface area (TPSA) is 107 Å². The minimum atomic E-state index is -5.04. The molecule has 2 aromatic carbocycles. The molecule has 1 fully saturated rings. The zero-order valence-corrected chi connectivity index (χ0v) is 23.0. The minimum Gasteiger partial charge on any atom is -0.385 e. The first-order valence-electron chi connectivity index (χ1n) is 12.8. The Kier molecular flexibility index (Phi) is 8.24. The summed E-state index contributed by atoms with van der Waals surface area (Å²) in [6, 6.07) is 7.85. The van der Waals surface area contributed by atoms with E-state index in [2.05, 4.69) is 15.5 Å². The number of anilines is 1. The Morgan fingerprint density at radius 3 is 2.26 bits per heavy atom. The molecule has 4 aromatic rings. The average molecular weight is 630 g/mol. The Hall–Kier alpha value is -3.95. The van der Waals surface area contributed by atoms with Crippen molar-refractivity contribution in [3.63, 3.8) is 0 Å². The van der Waals surface area contributed by atoms with Crippen molar-refractivity contribution >= 4 is 23.1 Å². The van der Waals surface area contributed by atoms with Crippen molar-refractivity contribution in [1.29, 1.82) is 0 Å². The third kappa shape index (κ3) is 6.24. The lowest BCUT2D eigenvalue weighted by molar-refractivity contribution is -0.143. The van der Waals surface area contributed by atoms with Gasteiger partial charge in [-0.3, -0.25) is 4.79 Å². The maximum atomic E-state index is 14.0. The molecule has 1 unspecified atom stereocenters. The van der Waals surface area contributed by atoms with Crippen LogP contribution in [0.3, 0.4) is 0 Å². The summed E-state index contributed by atoms with van der Waals surface area (Å²) >= 11 is 6.45.